The lowest BCUT2D eigenvalue weighted by molar-refractivity contribution is 0.300. The van der Waals surface area contributed by atoms with Crippen molar-refractivity contribution >= 4 is 22.5 Å². The molecule has 2 nitrogen and oxygen atoms in total. The van der Waals surface area contributed by atoms with E-state index in [2.05, 4.69) is 41.1 Å². The van der Waals surface area contributed by atoms with Gasteiger partial charge in [-0.3, -0.25) is 0 Å². The number of rotatable bonds is 4. The van der Waals surface area contributed by atoms with Crippen molar-refractivity contribution in [2.24, 2.45) is 0 Å². The maximum absolute atomic E-state index is 5.92. The Bertz CT molecular complexity index is 690. The van der Waals surface area contributed by atoms with Crippen LogP contribution in [0.1, 0.15) is 0 Å². The minimum Gasteiger partial charge on any atom is -0.492 e. The first-order valence-corrected chi connectivity index (χ1v) is 6.63. The quantitative estimate of drug-likeness (QED) is 0.687. The SMILES string of the molecule is Clc1cccc(OCCn2ccc3ccccc32)c1. The molecule has 19 heavy (non-hydrogen) atoms. The Balaban J connectivity index is 1.66. The first-order valence-electron chi connectivity index (χ1n) is 6.25. The van der Waals surface area contributed by atoms with Crippen molar-refractivity contribution in [2.75, 3.05) is 6.61 Å². The summed E-state index contributed by atoms with van der Waals surface area (Å²) < 4.78 is 7.90. The van der Waals surface area contributed by atoms with E-state index in [1.165, 1.54) is 10.9 Å². The number of para-hydroxylation sites is 1. The lowest BCUT2D eigenvalue weighted by atomic mass is 10.2. The van der Waals surface area contributed by atoms with Crippen molar-refractivity contribution in [1.29, 1.82) is 0 Å². The van der Waals surface area contributed by atoms with E-state index in [9.17, 15) is 0 Å². The van der Waals surface area contributed by atoms with E-state index in [0.717, 1.165) is 12.3 Å². The Hall–Kier alpha value is -1.93. The molecule has 0 saturated carbocycles. The van der Waals surface area contributed by atoms with Crippen molar-refractivity contribution in [3.8, 4) is 5.75 Å². The number of hydrogen-bond acceptors (Lipinski definition) is 1. The highest BCUT2D eigenvalue weighted by Crippen LogP contribution is 2.18. The molecule has 0 amide bonds. The highest BCUT2D eigenvalue weighted by Gasteiger charge is 2.00. The fourth-order valence-corrected chi connectivity index (χ4v) is 2.33. The zero-order valence-electron chi connectivity index (χ0n) is 10.4. The van der Waals surface area contributed by atoms with Gasteiger partial charge in [-0.2, -0.15) is 0 Å². The van der Waals surface area contributed by atoms with E-state index in [1.54, 1.807) is 0 Å². The van der Waals surface area contributed by atoms with Gasteiger partial charge in [-0.25, -0.2) is 0 Å². The summed E-state index contributed by atoms with van der Waals surface area (Å²) in [7, 11) is 0. The van der Waals surface area contributed by atoms with Crippen LogP contribution in [-0.4, -0.2) is 11.2 Å². The van der Waals surface area contributed by atoms with Crippen molar-refractivity contribution in [3.05, 3.63) is 65.8 Å². The number of hydrogen-bond donors (Lipinski definition) is 0. The van der Waals surface area contributed by atoms with E-state index in [1.807, 2.05) is 24.3 Å². The molecule has 0 aliphatic carbocycles. The molecule has 3 rings (SSSR count). The third-order valence-corrected chi connectivity index (χ3v) is 3.31. The zero-order chi connectivity index (χ0) is 13.1. The van der Waals surface area contributed by atoms with Gasteiger partial charge in [0.2, 0.25) is 0 Å². The van der Waals surface area contributed by atoms with Crippen LogP contribution in [-0.2, 0) is 6.54 Å². The predicted octanol–water partition coefficient (Wildman–Crippen LogP) is 4.37. The first-order chi connectivity index (χ1) is 9.33. The van der Waals surface area contributed by atoms with E-state index in [-0.39, 0.29) is 0 Å². The van der Waals surface area contributed by atoms with Crippen LogP contribution < -0.4 is 4.74 Å². The molecule has 3 aromatic rings. The molecular weight excluding hydrogens is 258 g/mol. The lowest BCUT2D eigenvalue weighted by Gasteiger charge is -2.08. The van der Waals surface area contributed by atoms with Crippen LogP contribution in [0.25, 0.3) is 10.9 Å². The molecule has 96 valence electrons. The predicted molar refractivity (Wildman–Crippen MR) is 78.9 cm³/mol. The van der Waals surface area contributed by atoms with Crippen LogP contribution in [0.5, 0.6) is 5.75 Å². The second-order valence-corrected chi connectivity index (χ2v) is 4.81. The summed E-state index contributed by atoms with van der Waals surface area (Å²) in [6.07, 6.45) is 2.09. The van der Waals surface area contributed by atoms with Crippen LogP contribution in [0.2, 0.25) is 5.02 Å². The van der Waals surface area contributed by atoms with E-state index >= 15 is 0 Å². The maximum atomic E-state index is 5.92. The van der Waals surface area contributed by atoms with Gasteiger partial charge in [0.25, 0.3) is 0 Å². The average molecular weight is 272 g/mol. The Morgan fingerprint density at radius 2 is 1.89 bits per heavy atom. The molecule has 3 heteroatoms. The Labute approximate surface area is 117 Å². The maximum Gasteiger partial charge on any atom is 0.120 e. The monoisotopic (exact) mass is 271 g/mol. The molecule has 0 N–H and O–H groups in total. The van der Waals surface area contributed by atoms with Crippen LogP contribution in [0, 0.1) is 0 Å². The number of aromatic nitrogens is 1. The molecule has 0 unspecified atom stereocenters. The second kappa shape index (κ2) is 5.37. The van der Waals surface area contributed by atoms with Crippen molar-refractivity contribution in [2.45, 2.75) is 6.54 Å². The Morgan fingerprint density at radius 1 is 1.00 bits per heavy atom. The van der Waals surface area contributed by atoms with Gasteiger partial charge in [-0.1, -0.05) is 35.9 Å². The molecule has 0 atom stereocenters. The molecule has 0 fully saturated rings. The average Bonchev–Trinajstić information content (AvgIpc) is 2.83. The van der Waals surface area contributed by atoms with Gasteiger partial charge >= 0.3 is 0 Å². The summed E-state index contributed by atoms with van der Waals surface area (Å²) in [5.41, 5.74) is 1.23. The summed E-state index contributed by atoms with van der Waals surface area (Å²) >= 11 is 5.92. The molecular formula is C16H14ClNO. The third-order valence-electron chi connectivity index (χ3n) is 3.08. The van der Waals surface area contributed by atoms with E-state index < -0.39 is 0 Å². The van der Waals surface area contributed by atoms with Gasteiger partial charge in [0.05, 0.1) is 6.54 Å². The summed E-state index contributed by atoms with van der Waals surface area (Å²) in [4.78, 5) is 0. The van der Waals surface area contributed by atoms with Crippen LogP contribution in [0.15, 0.2) is 60.8 Å². The van der Waals surface area contributed by atoms with Crippen molar-refractivity contribution < 1.29 is 4.74 Å². The molecule has 1 heterocycles. The fourth-order valence-electron chi connectivity index (χ4n) is 2.15. The highest BCUT2D eigenvalue weighted by molar-refractivity contribution is 6.30. The van der Waals surface area contributed by atoms with Gasteiger partial charge in [0.1, 0.15) is 12.4 Å². The molecule has 0 aliphatic heterocycles. The number of benzene rings is 2. The molecule has 0 bridgehead atoms. The first kappa shape index (κ1) is 12.1. The number of ether oxygens (including phenoxy) is 1. The minimum atomic E-state index is 0.624. The van der Waals surface area contributed by atoms with E-state index in [0.29, 0.717) is 11.6 Å². The smallest absolute Gasteiger partial charge is 0.120 e. The normalized spacial score (nSPS) is 10.8. The fraction of sp³-hybridized carbons (Fsp3) is 0.125. The van der Waals surface area contributed by atoms with Gasteiger partial charge < -0.3 is 9.30 Å². The number of fused-ring (bicyclic) bond motifs is 1. The second-order valence-electron chi connectivity index (χ2n) is 4.37. The topological polar surface area (TPSA) is 14.2 Å². The highest BCUT2D eigenvalue weighted by atomic mass is 35.5. The standard InChI is InChI=1S/C16H14ClNO/c17-14-5-3-6-15(12-14)19-11-10-18-9-8-13-4-1-2-7-16(13)18/h1-9,12H,10-11H2. The van der Waals surface area contributed by atoms with E-state index in [4.69, 9.17) is 16.3 Å². The lowest BCUT2D eigenvalue weighted by Crippen LogP contribution is -2.07. The minimum absolute atomic E-state index is 0.624. The van der Waals surface area contributed by atoms with Gasteiger partial charge in [0.15, 0.2) is 0 Å². The van der Waals surface area contributed by atoms with Crippen LogP contribution in [0.3, 0.4) is 0 Å². The summed E-state index contributed by atoms with van der Waals surface area (Å²) in [5, 5.41) is 1.95. The van der Waals surface area contributed by atoms with Gasteiger partial charge in [-0.05, 0) is 35.7 Å². The van der Waals surface area contributed by atoms with Crippen molar-refractivity contribution in [3.63, 3.8) is 0 Å². The molecule has 0 spiro atoms. The summed E-state index contributed by atoms with van der Waals surface area (Å²) in [6, 6.07) is 17.9. The zero-order valence-corrected chi connectivity index (χ0v) is 11.2. The third kappa shape index (κ3) is 2.74. The summed E-state index contributed by atoms with van der Waals surface area (Å²) in [6.45, 7) is 1.44. The molecule has 1 aromatic heterocycles. The molecule has 0 aliphatic rings. The summed E-state index contributed by atoms with van der Waals surface area (Å²) in [5.74, 6) is 0.809. The number of nitrogens with zero attached hydrogens (tertiary/aromatic N) is 1. The molecule has 2 aromatic carbocycles. The van der Waals surface area contributed by atoms with Crippen molar-refractivity contribution in [1.82, 2.24) is 4.57 Å². The molecule has 0 saturated heterocycles. The van der Waals surface area contributed by atoms with Crippen LogP contribution in [0.4, 0.5) is 0 Å². The van der Waals surface area contributed by atoms with Gasteiger partial charge in [0, 0.05) is 16.7 Å². The van der Waals surface area contributed by atoms with Gasteiger partial charge in [-0.15, -0.1) is 0 Å². The Morgan fingerprint density at radius 3 is 2.79 bits per heavy atom. The molecule has 0 radical (unpaired) electrons. The Kier molecular flexibility index (Phi) is 3.43. The van der Waals surface area contributed by atoms with Crippen LogP contribution >= 0.6 is 11.6 Å². The largest absolute Gasteiger partial charge is 0.492 e. The number of halogens is 1.